The van der Waals surface area contributed by atoms with Crippen LogP contribution in [0.25, 0.3) is 0 Å². The SMILES string of the molecule is CCCCCN(CCCCC)C(=O)CNCC(F)(F)F. The van der Waals surface area contributed by atoms with Crippen molar-refractivity contribution in [2.24, 2.45) is 0 Å². The number of hydrogen-bond acceptors (Lipinski definition) is 2. The maximum absolute atomic E-state index is 12.0. The van der Waals surface area contributed by atoms with Gasteiger partial charge in [-0.2, -0.15) is 13.2 Å². The first-order valence-electron chi connectivity index (χ1n) is 7.46. The Hall–Kier alpha value is -0.780. The molecule has 0 aliphatic carbocycles. The number of unbranched alkanes of at least 4 members (excludes halogenated alkanes) is 4. The lowest BCUT2D eigenvalue weighted by Gasteiger charge is -2.23. The molecule has 0 aromatic carbocycles. The molecular weight excluding hydrogens is 269 g/mol. The molecule has 0 atom stereocenters. The highest BCUT2D eigenvalue weighted by atomic mass is 19.4. The number of rotatable bonds is 11. The van der Waals surface area contributed by atoms with E-state index >= 15 is 0 Å². The molecule has 0 rings (SSSR count). The predicted octanol–water partition coefficient (Wildman–Crippen LogP) is 3.35. The molecule has 6 heteroatoms. The van der Waals surface area contributed by atoms with Crippen molar-refractivity contribution < 1.29 is 18.0 Å². The summed E-state index contributed by atoms with van der Waals surface area (Å²) < 4.78 is 36.0. The van der Waals surface area contributed by atoms with E-state index in [0.29, 0.717) is 13.1 Å². The molecule has 3 nitrogen and oxygen atoms in total. The zero-order valence-electron chi connectivity index (χ0n) is 12.6. The van der Waals surface area contributed by atoms with Crippen molar-refractivity contribution in [2.75, 3.05) is 26.2 Å². The standard InChI is InChI=1S/C14H27F3N2O/c1-3-5-7-9-19(10-8-6-4-2)13(20)11-18-12-14(15,16)17/h18H,3-12H2,1-2H3. The van der Waals surface area contributed by atoms with Crippen LogP contribution in [0.4, 0.5) is 13.2 Å². The second kappa shape index (κ2) is 10.9. The van der Waals surface area contributed by atoms with Gasteiger partial charge < -0.3 is 10.2 Å². The number of hydrogen-bond donors (Lipinski definition) is 1. The predicted molar refractivity (Wildman–Crippen MR) is 74.6 cm³/mol. The van der Waals surface area contributed by atoms with Gasteiger partial charge in [-0.3, -0.25) is 4.79 Å². The maximum Gasteiger partial charge on any atom is 0.401 e. The van der Waals surface area contributed by atoms with Crippen LogP contribution in [0.5, 0.6) is 0 Å². The highest BCUT2D eigenvalue weighted by molar-refractivity contribution is 5.78. The van der Waals surface area contributed by atoms with E-state index in [9.17, 15) is 18.0 Å². The van der Waals surface area contributed by atoms with Crippen LogP contribution in [-0.4, -0.2) is 43.2 Å². The van der Waals surface area contributed by atoms with E-state index in [0.717, 1.165) is 38.5 Å². The summed E-state index contributed by atoms with van der Waals surface area (Å²) in [5.41, 5.74) is 0. The Morgan fingerprint density at radius 3 is 1.90 bits per heavy atom. The molecule has 0 aliphatic rings. The average molecular weight is 296 g/mol. The van der Waals surface area contributed by atoms with E-state index in [1.54, 1.807) is 4.90 Å². The van der Waals surface area contributed by atoms with E-state index in [2.05, 4.69) is 19.2 Å². The third-order valence-electron chi connectivity index (χ3n) is 3.02. The van der Waals surface area contributed by atoms with E-state index in [1.807, 2.05) is 0 Å². The molecule has 20 heavy (non-hydrogen) atoms. The van der Waals surface area contributed by atoms with Crippen LogP contribution in [0.2, 0.25) is 0 Å². The molecule has 0 aromatic rings. The Kier molecular flexibility index (Phi) is 10.5. The summed E-state index contributed by atoms with van der Waals surface area (Å²) in [5, 5.41) is 2.17. The summed E-state index contributed by atoms with van der Waals surface area (Å²) in [6, 6.07) is 0. The minimum atomic E-state index is -4.27. The number of alkyl halides is 3. The lowest BCUT2D eigenvalue weighted by molar-refractivity contribution is -0.134. The summed E-state index contributed by atoms with van der Waals surface area (Å²) in [7, 11) is 0. The molecule has 0 heterocycles. The Bertz CT molecular complexity index is 247. The van der Waals surface area contributed by atoms with Gasteiger partial charge in [-0.05, 0) is 12.8 Å². The van der Waals surface area contributed by atoms with Crippen molar-refractivity contribution in [1.82, 2.24) is 10.2 Å². The van der Waals surface area contributed by atoms with E-state index < -0.39 is 12.7 Å². The molecule has 0 bridgehead atoms. The van der Waals surface area contributed by atoms with Crippen LogP contribution in [-0.2, 0) is 4.79 Å². The van der Waals surface area contributed by atoms with E-state index in [-0.39, 0.29) is 12.5 Å². The molecular formula is C14H27F3N2O. The molecule has 0 spiro atoms. The Balaban J connectivity index is 4.10. The van der Waals surface area contributed by atoms with Crippen LogP contribution in [0.15, 0.2) is 0 Å². The van der Waals surface area contributed by atoms with Crippen molar-refractivity contribution >= 4 is 5.91 Å². The summed E-state index contributed by atoms with van der Waals surface area (Å²) in [4.78, 5) is 13.6. The zero-order chi connectivity index (χ0) is 15.4. The highest BCUT2D eigenvalue weighted by Crippen LogP contribution is 2.12. The van der Waals surface area contributed by atoms with Crippen molar-refractivity contribution in [2.45, 2.75) is 58.5 Å². The van der Waals surface area contributed by atoms with E-state index in [4.69, 9.17) is 0 Å². The third kappa shape index (κ3) is 11.1. The molecule has 0 fully saturated rings. The third-order valence-corrected chi connectivity index (χ3v) is 3.02. The van der Waals surface area contributed by atoms with Gasteiger partial charge in [0.05, 0.1) is 13.1 Å². The van der Waals surface area contributed by atoms with Crippen molar-refractivity contribution in [1.29, 1.82) is 0 Å². The van der Waals surface area contributed by atoms with Gasteiger partial charge in [0.2, 0.25) is 5.91 Å². The second-order valence-corrected chi connectivity index (χ2v) is 5.01. The van der Waals surface area contributed by atoms with Gasteiger partial charge in [-0.15, -0.1) is 0 Å². The first kappa shape index (κ1) is 19.2. The Morgan fingerprint density at radius 1 is 1.00 bits per heavy atom. The zero-order valence-corrected chi connectivity index (χ0v) is 12.6. The minimum Gasteiger partial charge on any atom is -0.342 e. The number of carbonyl (C=O) groups is 1. The average Bonchev–Trinajstić information content (AvgIpc) is 2.35. The highest BCUT2D eigenvalue weighted by Gasteiger charge is 2.27. The summed E-state index contributed by atoms with van der Waals surface area (Å²) >= 11 is 0. The lowest BCUT2D eigenvalue weighted by atomic mass is 10.2. The molecule has 0 unspecified atom stereocenters. The normalized spacial score (nSPS) is 11.7. The Morgan fingerprint density at radius 2 is 1.50 bits per heavy atom. The van der Waals surface area contributed by atoms with E-state index in [1.165, 1.54) is 0 Å². The number of nitrogens with zero attached hydrogens (tertiary/aromatic N) is 1. The molecule has 0 aliphatic heterocycles. The first-order chi connectivity index (χ1) is 9.40. The Labute approximate surface area is 119 Å². The van der Waals surface area contributed by atoms with Gasteiger partial charge in [-0.25, -0.2) is 0 Å². The number of halogens is 3. The van der Waals surface area contributed by atoms with Crippen LogP contribution in [0, 0.1) is 0 Å². The van der Waals surface area contributed by atoms with Crippen LogP contribution in [0.1, 0.15) is 52.4 Å². The molecule has 0 radical (unpaired) electrons. The number of amides is 1. The van der Waals surface area contributed by atoms with Crippen LogP contribution in [0.3, 0.4) is 0 Å². The van der Waals surface area contributed by atoms with Gasteiger partial charge in [-0.1, -0.05) is 39.5 Å². The molecule has 0 aromatic heterocycles. The maximum atomic E-state index is 12.0. The topological polar surface area (TPSA) is 32.3 Å². The first-order valence-corrected chi connectivity index (χ1v) is 7.46. The van der Waals surface area contributed by atoms with Gasteiger partial charge >= 0.3 is 6.18 Å². The molecule has 120 valence electrons. The monoisotopic (exact) mass is 296 g/mol. The summed E-state index contributed by atoms with van der Waals surface area (Å²) in [6.45, 7) is 4.09. The molecule has 0 saturated heterocycles. The smallest absolute Gasteiger partial charge is 0.342 e. The largest absolute Gasteiger partial charge is 0.401 e. The number of nitrogens with one attached hydrogen (secondary N) is 1. The summed E-state index contributed by atoms with van der Waals surface area (Å²) in [5.74, 6) is -0.235. The lowest BCUT2D eigenvalue weighted by Crippen LogP contribution is -2.41. The fourth-order valence-corrected chi connectivity index (χ4v) is 1.89. The second-order valence-electron chi connectivity index (χ2n) is 5.01. The van der Waals surface area contributed by atoms with Gasteiger partial charge in [0.1, 0.15) is 0 Å². The van der Waals surface area contributed by atoms with Gasteiger partial charge in [0.15, 0.2) is 0 Å². The van der Waals surface area contributed by atoms with Crippen molar-refractivity contribution in [3.63, 3.8) is 0 Å². The quantitative estimate of drug-likeness (QED) is 0.593. The fraction of sp³-hybridized carbons (Fsp3) is 0.929. The molecule has 0 saturated carbocycles. The van der Waals surface area contributed by atoms with Gasteiger partial charge in [0.25, 0.3) is 0 Å². The molecule has 1 amide bonds. The van der Waals surface area contributed by atoms with Crippen LogP contribution >= 0.6 is 0 Å². The summed E-state index contributed by atoms with van der Waals surface area (Å²) in [6.07, 6.45) is 1.74. The number of carbonyl (C=O) groups excluding carboxylic acids is 1. The van der Waals surface area contributed by atoms with Crippen LogP contribution < -0.4 is 5.32 Å². The fourth-order valence-electron chi connectivity index (χ4n) is 1.89. The van der Waals surface area contributed by atoms with Gasteiger partial charge in [0, 0.05) is 13.1 Å². The van der Waals surface area contributed by atoms with Crippen molar-refractivity contribution in [3.8, 4) is 0 Å². The minimum absolute atomic E-state index is 0.235. The molecule has 1 N–H and O–H groups in total. The van der Waals surface area contributed by atoms with Crippen molar-refractivity contribution in [3.05, 3.63) is 0 Å².